The third-order valence-electron chi connectivity index (χ3n) is 5.21. The summed E-state index contributed by atoms with van der Waals surface area (Å²) in [5, 5.41) is 8.95. The summed E-state index contributed by atoms with van der Waals surface area (Å²) in [6.07, 6.45) is 7.87. The van der Waals surface area contributed by atoms with Crippen molar-refractivity contribution in [2.24, 2.45) is 0 Å². The van der Waals surface area contributed by atoms with Gasteiger partial charge in [0.05, 0.1) is 5.41 Å². The Bertz CT molecular complexity index is 471. The lowest BCUT2D eigenvalue weighted by molar-refractivity contribution is -0.129. The third kappa shape index (κ3) is 3.50. The van der Waals surface area contributed by atoms with E-state index in [0.29, 0.717) is 6.04 Å². The molecule has 1 saturated heterocycles. The van der Waals surface area contributed by atoms with Crippen LogP contribution < -0.4 is 10.6 Å². The number of hydrogen-bond acceptors (Lipinski definition) is 3. The molecule has 22 heavy (non-hydrogen) atoms. The van der Waals surface area contributed by atoms with E-state index in [-0.39, 0.29) is 29.8 Å². The van der Waals surface area contributed by atoms with Crippen molar-refractivity contribution < 1.29 is 4.79 Å². The zero-order valence-electron chi connectivity index (χ0n) is 13.3. The van der Waals surface area contributed by atoms with Crippen LogP contribution in [0.1, 0.15) is 56.7 Å². The van der Waals surface area contributed by atoms with Gasteiger partial charge in [0.25, 0.3) is 0 Å². The molecule has 1 aliphatic heterocycles. The highest BCUT2D eigenvalue weighted by Gasteiger charge is 2.43. The van der Waals surface area contributed by atoms with Crippen molar-refractivity contribution in [1.82, 2.24) is 10.6 Å². The smallest absolute Gasteiger partial charge is 0.231 e. The molecule has 1 aromatic rings. The van der Waals surface area contributed by atoms with Gasteiger partial charge in [-0.3, -0.25) is 4.79 Å². The Morgan fingerprint density at radius 1 is 1.32 bits per heavy atom. The van der Waals surface area contributed by atoms with Crippen molar-refractivity contribution in [2.45, 2.75) is 69.4 Å². The van der Waals surface area contributed by atoms with Crippen LogP contribution in [-0.2, 0) is 10.2 Å². The van der Waals surface area contributed by atoms with E-state index >= 15 is 0 Å². The average Bonchev–Trinajstić information content (AvgIpc) is 3.05. The van der Waals surface area contributed by atoms with Gasteiger partial charge in [-0.1, -0.05) is 25.3 Å². The van der Waals surface area contributed by atoms with Gasteiger partial charge in [0.1, 0.15) is 0 Å². The van der Waals surface area contributed by atoms with Crippen LogP contribution in [0.25, 0.3) is 0 Å². The molecule has 0 spiro atoms. The van der Waals surface area contributed by atoms with Crippen LogP contribution in [0.3, 0.4) is 0 Å². The monoisotopic (exact) mass is 342 g/mol. The summed E-state index contributed by atoms with van der Waals surface area (Å²) in [6.45, 7) is 3.26. The quantitative estimate of drug-likeness (QED) is 0.880. The summed E-state index contributed by atoms with van der Waals surface area (Å²) in [4.78, 5) is 14.4. The fraction of sp³-hybridized carbons (Fsp3) is 0.706. The molecule has 0 bridgehead atoms. The van der Waals surface area contributed by atoms with Crippen molar-refractivity contribution in [3.63, 3.8) is 0 Å². The molecule has 3 rings (SSSR count). The second kappa shape index (κ2) is 7.80. The molecule has 3 nitrogen and oxygen atoms in total. The van der Waals surface area contributed by atoms with Crippen molar-refractivity contribution in [3.05, 3.63) is 22.4 Å². The SMILES string of the molecule is CC1NCCCC1NC(=O)C1(c2cccs2)CCCCC1.Cl. The Morgan fingerprint density at radius 2 is 2.09 bits per heavy atom. The number of piperidine rings is 1. The second-order valence-corrected chi connectivity index (χ2v) is 7.53. The molecule has 1 saturated carbocycles. The molecule has 0 radical (unpaired) electrons. The molecule has 5 heteroatoms. The Hall–Kier alpha value is -0.580. The molecular weight excluding hydrogens is 316 g/mol. The van der Waals surface area contributed by atoms with Crippen LogP contribution in [0.15, 0.2) is 17.5 Å². The molecule has 2 aliphatic rings. The molecule has 1 amide bonds. The minimum Gasteiger partial charge on any atom is -0.351 e. The number of rotatable bonds is 3. The van der Waals surface area contributed by atoms with Gasteiger partial charge in [0.2, 0.25) is 5.91 Å². The van der Waals surface area contributed by atoms with Crippen molar-refractivity contribution >= 4 is 29.7 Å². The van der Waals surface area contributed by atoms with Gasteiger partial charge in [0.15, 0.2) is 0 Å². The number of nitrogens with one attached hydrogen (secondary N) is 2. The first-order valence-corrected chi connectivity index (χ1v) is 9.19. The summed E-state index contributed by atoms with van der Waals surface area (Å²) in [5.74, 6) is 0.269. The topological polar surface area (TPSA) is 41.1 Å². The molecule has 2 N–H and O–H groups in total. The van der Waals surface area contributed by atoms with E-state index in [1.54, 1.807) is 11.3 Å². The van der Waals surface area contributed by atoms with Crippen molar-refractivity contribution in [2.75, 3.05) is 6.54 Å². The third-order valence-corrected chi connectivity index (χ3v) is 6.29. The molecule has 2 unspecified atom stereocenters. The van der Waals surface area contributed by atoms with Crippen LogP contribution in [0, 0.1) is 0 Å². The number of carbonyl (C=O) groups excluding carboxylic acids is 1. The van der Waals surface area contributed by atoms with Crippen LogP contribution in [0.4, 0.5) is 0 Å². The van der Waals surface area contributed by atoms with Gasteiger partial charge in [-0.2, -0.15) is 0 Å². The Morgan fingerprint density at radius 3 is 2.73 bits per heavy atom. The van der Waals surface area contributed by atoms with Gasteiger partial charge < -0.3 is 10.6 Å². The maximum absolute atomic E-state index is 13.1. The minimum absolute atomic E-state index is 0. The maximum atomic E-state index is 13.1. The van der Waals surface area contributed by atoms with Crippen molar-refractivity contribution in [3.8, 4) is 0 Å². The summed E-state index contributed by atoms with van der Waals surface area (Å²) < 4.78 is 0. The summed E-state index contributed by atoms with van der Waals surface area (Å²) in [6, 6.07) is 4.89. The molecule has 0 aromatic carbocycles. The fourth-order valence-electron chi connectivity index (χ4n) is 3.84. The number of hydrogen-bond donors (Lipinski definition) is 2. The van der Waals surface area contributed by atoms with E-state index < -0.39 is 0 Å². The number of carbonyl (C=O) groups is 1. The molecule has 1 aromatic heterocycles. The number of amides is 1. The van der Waals surface area contributed by atoms with Gasteiger partial charge in [-0.05, 0) is 50.6 Å². The Labute approximate surface area is 143 Å². The molecule has 2 atom stereocenters. The van der Waals surface area contributed by atoms with E-state index in [4.69, 9.17) is 0 Å². The predicted octanol–water partition coefficient (Wildman–Crippen LogP) is 3.63. The summed E-state index contributed by atoms with van der Waals surface area (Å²) in [5.41, 5.74) is -0.260. The standard InChI is InChI=1S/C17H26N2OS.ClH/c1-13-14(7-5-11-18-13)19-16(20)17(9-3-2-4-10-17)15-8-6-12-21-15;/h6,8,12-14,18H,2-5,7,9-11H2,1H3,(H,19,20);1H. The highest BCUT2D eigenvalue weighted by atomic mass is 35.5. The van der Waals surface area contributed by atoms with E-state index in [0.717, 1.165) is 32.2 Å². The number of halogens is 1. The summed E-state index contributed by atoms with van der Waals surface area (Å²) in [7, 11) is 0. The summed E-state index contributed by atoms with van der Waals surface area (Å²) >= 11 is 1.74. The van der Waals surface area contributed by atoms with Crippen LogP contribution >= 0.6 is 23.7 Å². The molecule has 2 heterocycles. The van der Waals surface area contributed by atoms with E-state index in [1.165, 1.54) is 24.1 Å². The zero-order valence-corrected chi connectivity index (χ0v) is 14.9. The first-order chi connectivity index (χ1) is 10.2. The lowest BCUT2D eigenvalue weighted by Gasteiger charge is -2.38. The first kappa shape index (κ1) is 17.8. The van der Waals surface area contributed by atoms with E-state index in [2.05, 4.69) is 35.1 Å². The highest BCUT2D eigenvalue weighted by molar-refractivity contribution is 7.10. The Kier molecular flexibility index (Phi) is 6.30. The van der Waals surface area contributed by atoms with Gasteiger partial charge >= 0.3 is 0 Å². The highest BCUT2D eigenvalue weighted by Crippen LogP contribution is 2.42. The van der Waals surface area contributed by atoms with Crippen LogP contribution in [0.2, 0.25) is 0 Å². The zero-order chi connectivity index (χ0) is 14.7. The molecule has 1 aliphatic carbocycles. The normalized spacial score (nSPS) is 27.7. The van der Waals surface area contributed by atoms with Crippen LogP contribution in [0.5, 0.6) is 0 Å². The molecule has 124 valence electrons. The van der Waals surface area contributed by atoms with Crippen molar-refractivity contribution in [1.29, 1.82) is 0 Å². The van der Waals surface area contributed by atoms with E-state index in [9.17, 15) is 4.79 Å². The van der Waals surface area contributed by atoms with Crippen LogP contribution in [-0.4, -0.2) is 24.5 Å². The predicted molar refractivity (Wildman–Crippen MR) is 95.0 cm³/mol. The Balaban J connectivity index is 0.00000176. The average molecular weight is 343 g/mol. The van der Waals surface area contributed by atoms with Gasteiger partial charge in [0, 0.05) is 17.0 Å². The van der Waals surface area contributed by atoms with Gasteiger partial charge in [-0.15, -0.1) is 23.7 Å². The lowest BCUT2D eigenvalue weighted by atomic mass is 9.72. The second-order valence-electron chi connectivity index (χ2n) is 6.59. The van der Waals surface area contributed by atoms with E-state index in [1.807, 2.05) is 0 Å². The lowest BCUT2D eigenvalue weighted by Crippen LogP contribution is -2.56. The minimum atomic E-state index is -0.260. The molecular formula is C17H27ClN2OS. The fourth-order valence-corrected chi connectivity index (χ4v) is 4.82. The van der Waals surface area contributed by atoms with Gasteiger partial charge in [-0.25, -0.2) is 0 Å². The largest absolute Gasteiger partial charge is 0.351 e. The number of thiophene rings is 1. The maximum Gasteiger partial charge on any atom is 0.231 e. The first-order valence-electron chi connectivity index (χ1n) is 8.31. The molecule has 2 fully saturated rings.